The van der Waals surface area contributed by atoms with Gasteiger partial charge in [-0.1, -0.05) is 93.1 Å². The minimum atomic E-state index is -2.00. The molecule has 1 saturated heterocycles. The zero-order valence-electron chi connectivity index (χ0n) is 19.0. The maximum atomic E-state index is 13.4. The molecule has 27 heavy (non-hydrogen) atoms. The van der Waals surface area contributed by atoms with E-state index in [2.05, 4.69) is 118 Å². The van der Waals surface area contributed by atoms with Crippen molar-refractivity contribution in [1.82, 2.24) is 4.57 Å². The van der Waals surface area contributed by atoms with Gasteiger partial charge in [-0.05, 0) is 35.7 Å². The minimum Gasteiger partial charge on any atom is -0.413 e. The van der Waals surface area contributed by atoms with E-state index in [4.69, 9.17) is 4.43 Å². The van der Waals surface area contributed by atoms with E-state index in [1.54, 1.807) is 0 Å². The number of alkyl halides is 2. The number of nitrogens with zero attached hydrogens (tertiary/aromatic N) is 1. The molecule has 0 aliphatic carbocycles. The van der Waals surface area contributed by atoms with Crippen molar-refractivity contribution >= 4 is 54.3 Å². The van der Waals surface area contributed by atoms with Gasteiger partial charge < -0.3 is 8.99 Å². The van der Waals surface area contributed by atoms with Crippen molar-refractivity contribution in [1.29, 1.82) is 0 Å². The number of halogens is 2. The van der Waals surface area contributed by atoms with Crippen molar-refractivity contribution in [3.05, 3.63) is 12.2 Å². The second kappa shape index (κ2) is 8.01. The lowest BCUT2D eigenvalue weighted by Crippen LogP contribution is -2.75. The summed E-state index contributed by atoms with van der Waals surface area (Å²) in [7, 11) is -3.95. The molecular weight excluding hydrogens is 502 g/mol. The molecule has 1 heterocycles. The number of rotatable bonds is 6. The van der Waals surface area contributed by atoms with E-state index >= 15 is 0 Å². The molecule has 158 valence electrons. The summed E-state index contributed by atoms with van der Waals surface area (Å²) >= 11 is 7.22. The number of hydrogen-bond donors (Lipinski definition) is 0. The summed E-state index contributed by atoms with van der Waals surface area (Å²) in [6.07, 6.45) is -0.111. The summed E-state index contributed by atoms with van der Waals surface area (Å²) in [5, 5.41) is 0.205. The highest BCUT2D eigenvalue weighted by Crippen LogP contribution is 2.49. The molecule has 7 heteroatoms. The number of amides is 1. The van der Waals surface area contributed by atoms with Crippen LogP contribution in [0, 0.1) is 5.92 Å². The molecule has 0 unspecified atom stereocenters. The first-order chi connectivity index (χ1) is 11.8. The lowest BCUT2D eigenvalue weighted by molar-refractivity contribution is -0.151. The molecule has 0 aromatic carbocycles. The zero-order chi connectivity index (χ0) is 21.7. The molecule has 1 fully saturated rings. The minimum absolute atomic E-state index is 0.0157. The molecule has 1 rings (SSSR count). The third kappa shape index (κ3) is 4.84. The molecule has 0 N–H and O–H groups in total. The maximum Gasteiger partial charge on any atom is 0.223 e. The summed E-state index contributed by atoms with van der Waals surface area (Å²) in [6, 6.07) is 0.0157. The summed E-state index contributed by atoms with van der Waals surface area (Å²) in [6.45, 7) is 28.9. The first kappa shape index (κ1) is 25.6. The zero-order valence-corrected chi connectivity index (χ0v) is 24.2. The fraction of sp³-hybridized carbons (Fsp3) is 0.850. The maximum absolute atomic E-state index is 13.4. The van der Waals surface area contributed by atoms with Gasteiger partial charge >= 0.3 is 0 Å². The average Bonchev–Trinajstić information content (AvgIpc) is 2.40. The van der Waals surface area contributed by atoms with E-state index in [1.165, 1.54) is 0 Å². The molecule has 0 spiro atoms. The van der Waals surface area contributed by atoms with Crippen LogP contribution in [-0.4, -0.2) is 42.9 Å². The van der Waals surface area contributed by atoms with Crippen LogP contribution < -0.4 is 0 Å². The van der Waals surface area contributed by atoms with Crippen LogP contribution in [0.1, 0.15) is 48.5 Å². The lowest BCUT2D eigenvalue weighted by atomic mass is 9.82. The third-order valence-electron chi connectivity index (χ3n) is 7.03. The molecular formula is C20H39Br2NO2Si2. The van der Waals surface area contributed by atoms with Crippen molar-refractivity contribution in [3.8, 4) is 0 Å². The van der Waals surface area contributed by atoms with Crippen LogP contribution in [0.3, 0.4) is 0 Å². The van der Waals surface area contributed by atoms with Crippen molar-refractivity contribution < 1.29 is 9.22 Å². The molecule has 1 aliphatic rings. The van der Waals surface area contributed by atoms with E-state index < -0.39 is 16.6 Å². The largest absolute Gasteiger partial charge is 0.413 e. The Balaban J connectivity index is 3.25. The van der Waals surface area contributed by atoms with Crippen molar-refractivity contribution in [2.24, 2.45) is 5.92 Å². The molecule has 0 aromatic rings. The van der Waals surface area contributed by atoms with E-state index in [1.807, 2.05) is 0 Å². The molecule has 0 radical (unpaired) electrons. The topological polar surface area (TPSA) is 29.5 Å². The summed E-state index contributed by atoms with van der Waals surface area (Å²) in [4.78, 5) is 13.4. The third-order valence-corrected chi connectivity index (χ3v) is 18.2. The van der Waals surface area contributed by atoms with Crippen LogP contribution in [0.5, 0.6) is 0 Å². The van der Waals surface area contributed by atoms with Gasteiger partial charge in [0.1, 0.15) is 0 Å². The second-order valence-electron chi connectivity index (χ2n) is 10.9. The number of β-lactam (4-membered cyclic amide) rings is 1. The van der Waals surface area contributed by atoms with Crippen molar-refractivity contribution in [3.63, 3.8) is 0 Å². The van der Waals surface area contributed by atoms with Crippen LogP contribution in [0.15, 0.2) is 12.2 Å². The SMILES string of the molecule is C=C(C(Br)Br)[C@H]1[C@@H]([C@@H](C)O[Si](C)(C)C(C)(C)C)C(=O)N1[Si](C)(C)C(C)(C)C. The molecule has 0 aromatic heterocycles. The smallest absolute Gasteiger partial charge is 0.223 e. The van der Waals surface area contributed by atoms with Crippen molar-refractivity contribution in [2.75, 3.05) is 0 Å². The monoisotopic (exact) mass is 539 g/mol. The first-order valence-corrected chi connectivity index (χ1v) is 17.4. The van der Waals surface area contributed by atoms with E-state index in [-0.39, 0.29) is 37.8 Å². The Hall–Kier alpha value is 0.564. The average molecular weight is 542 g/mol. The van der Waals surface area contributed by atoms with Gasteiger partial charge in [0, 0.05) is 0 Å². The van der Waals surface area contributed by atoms with E-state index in [9.17, 15) is 4.79 Å². The van der Waals surface area contributed by atoms with E-state index in [0.29, 0.717) is 0 Å². The van der Waals surface area contributed by atoms with Crippen LogP contribution in [0.2, 0.25) is 36.3 Å². The van der Waals surface area contributed by atoms with Crippen molar-refractivity contribution in [2.45, 2.75) is 101 Å². The Bertz CT molecular complexity index is 592. The van der Waals surface area contributed by atoms with Gasteiger partial charge in [-0.25, -0.2) is 0 Å². The molecule has 3 nitrogen and oxygen atoms in total. The summed E-state index contributed by atoms with van der Waals surface area (Å²) in [5.74, 6) is 0.0814. The molecule has 1 amide bonds. The highest BCUT2D eigenvalue weighted by atomic mass is 79.9. The fourth-order valence-corrected chi connectivity index (χ4v) is 7.61. The number of hydrogen-bond acceptors (Lipinski definition) is 2. The highest BCUT2D eigenvalue weighted by molar-refractivity contribution is 9.24. The number of carbonyl (C=O) groups excluding carboxylic acids is 1. The summed E-state index contributed by atoms with van der Waals surface area (Å²) in [5.41, 5.74) is 1.01. The van der Waals surface area contributed by atoms with Crippen LogP contribution in [0.4, 0.5) is 0 Å². The Morgan fingerprint density at radius 3 is 1.85 bits per heavy atom. The van der Waals surface area contributed by atoms with Crippen LogP contribution in [0.25, 0.3) is 0 Å². The molecule has 1 aliphatic heterocycles. The Morgan fingerprint density at radius 2 is 1.52 bits per heavy atom. The lowest BCUT2D eigenvalue weighted by Gasteiger charge is -2.60. The van der Waals surface area contributed by atoms with Gasteiger partial charge in [-0.3, -0.25) is 4.79 Å². The Labute approximate surface area is 186 Å². The van der Waals surface area contributed by atoms with Gasteiger partial charge in [0.05, 0.1) is 21.8 Å². The summed E-state index contributed by atoms with van der Waals surface area (Å²) < 4.78 is 8.77. The molecule has 0 bridgehead atoms. The van der Waals surface area contributed by atoms with Gasteiger partial charge in [0.2, 0.25) is 5.91 Å². The second-order valence-corrected chi connectivity index (χ2v) is 23.9. The molecule has 3 atom stereocenters. The predicted octanol–water partition coefficient (Wildman–Crippen LogP) is 6.90. The van der Waals surface area contributed by atoms with E-state index in [0.717, 1.165) is 5.57 Å². The fourth-order valence-electron chi connectivity index (χ4n) is 3.19. The Morgan fingerprint density at radius 1 is 1.07 bits per heavy atom. The van der Waals surface area contributed by atoms with Crippen LogP contribution in [-0.2, 0) is 9.22 Å². The first-order valence-electron chi connectivity index (χ1n) is 9.75. The highest BCUT2D eigenvalue weighted by Gasteiger charge is 2.60. The van der Waals surface area contributed by atoms with Gasteiger partial charge in [0.15, 0.2) is 16.6 Å². The van der Waals surface area contributed by atoms with Gasteiger partial charge in [-0.2, -0.15) is 0 Å². The molecule has 0 saturated carbocycles. The standard InChI is InChI=1S/C20H39Br2NO2Si2/c1-13(17(21)22)16-15(14(2)25-27(11,12)20(6,7)8)18(24)23(16)26(9,10)19(3,4)5/h14-17H,1H2,2-12H3/t14-,15-,16+/m1/s1. The normalized spacial score (nSPS) is 23.5. The van der Waals surface area contributed by atoms with Gasteiger partial charge in [-0.15, -0.1) is 0 Å². The van der Waals surface area contributed by atoms with Crippen LogP contribution >= 0.6 is 31.9 Å². The van der Waals surface area contributed by atoms with Gasteiger partial charge in [0.25, 0.3) is 0 Å². The Kier molecular flexibility index (Phi) is 7.59. The quantitative estimate of drug-likeness (QED) is 0.159. The predicted molar refractivity (Wildman–Crippen MR) is 130 cm³/mol. The number of carbonyl (C=O) groups is 1.